The first-order valence-electron chi connectivity index (χ1n) is 5.66. The molecule has 2 N–H and O–H groups in total. The maximum absolute atomic E-state index is 6.07. The van der Waals surface area contributed by atoms with E-state index in [2.05, 4.69) is 25.1 Å². The van der Waals surface area contributed by atoms with Crippen LogP contribution in [-0.2, 0) is 5.41 Å². The third-order valence-corrected chi connectivity index (χ3v) is 4.40. The summed E-state index contributed by atoms with van der Waals surface area (Å²) in [6.45, 7) is 2.32. The lowest BCUT2D eigenvalue weighted by atomic mass is 9.77. The first-order chi connectivity index (χ1) is 6.77. The lowest BCUT2D eigenvalue weighted by Crippen LogP contribution is -2.19. The van der Waals surface area contributed by atoms with Crippen LogP contribution in [0.2, 0.25) is 0 Å². The molecule has 0 spiro atoms. The van der Waals surface area contributed by atoms with Crippen molar-refractivity contribution in [3.8, 4) is 0 Å². The van der Waals surface area contributed by atoms with Crippen molar-refractivity contribution in [1.29, 1.82) is 0 Å². The zero-order valence-electron chi connectivity index (χ0n) is 8.72. The van der Waals surface area contributed by atoms with Gasteiger partial charge in [-0.3, -0.25) is 0 Å². The molecule has 1 nitrogen and oxygen atoms in total. The highest BCUT2D eigenvalue weighted by Crippen LogP contribution is 2.59. The fourth-order valence-corrected chi connectivity index (χ4v) is 3.63. The monoisotopic (exact) mass is 187 g/mol. The Morgan fingerprint density at radius 3 is 3.14 bits per heavy atom. The van der Waals surface area contributed by atoms with Crippen molar-refractivity contribution in [1.82, 2.24) is 0 Å². The maximum atomic E-state index is 6.07. The van der Waals surface area contributed by atoms with E-state index in [-0.39, 0.29) is 0 Å². The molecule has 3 rings (SSSR count). The van der Waals surface area contributed by atoms with Crippen molar-refractivity contribution >= 4 is 5.69 Å². The van der Waals surface area contributed by atoms with E-state index in [1.165, 1.54) is 31.2 Å². The summed E-state index contributed by atoms with van der Waals surface area (Å²) in [7, 11) is 0. The van der Waals surface area contributed by atoms with Crippen LogP contribution in [0.3, 0.4) is 0 Å². The summed E-state index contributed by atoms with van der Waals surface area (Å²) in [4.78, 5) is 0. The van der Waals surface area contributed by atoms with Crippen LogP contribution in [0.4, 0.5) is 5.69 Å². The molecule has 0 aliphatic heterocycles. The van der Waals surface area contributed by atoms with Crippen LogP contribution >= 0.6 is 0 Å². The molecule has 2 unspecified atom stereocenters. The van der Waals surface area contributed by atoms with Gasteiger partial charge >= 0.3 is 0 Å². The highest BCUT2D eigenvalue weighted by Gasteiger charge is 2.48. The lowest BCUT2D eigenvalue weighted by Gasteiger charge is -2.28. The number of anilines is 1. The third-order valence-electron chi connectivity index (χ3n) is 4.40. The van der Waals surface area contributed by atoms with Crippen LogP contribution in [0.1, 0.15) is 49.7 Å². The Hall–Kier alpha value is -0.980. The number of rotatable bonds is 1. The molecule has 0 radical (unpaired) electrons. The second-order valence-corrected chi connectivity index (χ2v) is 4.88. The van der Waals surface area contributed by atoms with Gasteiger partial charge in [-0.25, -0.2) is 0 Å². The van der Waals surface area contributed by atoms with Crippen LogP contribution in [0, 0.1) is 0 Å². The fraction of sp³-hybridized carbons (Fsp3) is 0.538. The summed E-state index contributed by atoms with van der Waals surface area (Å²) in [6.07, 6.45) is 5.37. The quantitative estimate of drug-likeness (QED) is 0.671. The van der Waals surface area contributed by atoms with Gasteiger partial charge in [0.25, 0.3) is 0 Å². The van der Waals surface area contributed by atoms with Gasteiger partial charge in [0.15, 0.2) is 0 Å². The predicted molar refractivity (Wildman–Crippen MR) is 59.4 cm³/mol. The van der Waals surface area contributed by atoms with Gasteiger partial charge in [-0.1, -0.05) is 19.1 Å². The molecule has 1 aromatic carbocycles. The smallest absolute Gasteiger partial charge is 0.0352 e. The zero-order chi connectivity index (χ0) is 9.76. The van der Waals surface area contributed by atoms with Crippen LogP contribution in [-0.4, -0.2) is 0 Å². The van der Waals surface area contributed by atoms with E-state index in [0.717, 1.165) is 11.6 Å². The normalized spacial score (nSPS) is 33.4. The average Bonchev–Trinajstić information content (AvgIpc) is 2.75. The summed E-state index contributed by atoms with van der Waals surface area (Å²) in [6, 6.07) is 6.48. The van der Waals surface area contributed by atoms with E-state index in [4.69, 9.17) is 5.73 Å². The van der Waals surface area contributed by atoms with Crippen molar-refractivity contribution in [3.63, 3.8) is 0 Å². The first kappa shape index (κ1) is 8.34. The Balaban J connectivity index is 2.24. The van der Waals surface area contributed by atoms with Crippen LogP contribution in [0.5, 0.6) is 0 Å². The number of fused-ring (bicyclic) bond motifs is 5. The van der Waals surface area contributed by atoms with Gasteiger partial charge in [-0.2, -0.15) is 0 Å². The summed E-state index contributed by atoms with van der Waals surface area (Å²) in [5, 5.41) is 0. The largest absolute Gasteiger partial charge is 0.398 e. The average molecular weight is 187 g/mol. The standard InChI is InChI=1S/C13H17N/c1-2-13-7-6-9(8-13)12-10(13)4-3-5-11(12)14/h3-5,9H,2,6-8,14H2,1H3. The van der Waals surface area contributed by atoms with E-state index < -0.39 is 0 Å². The van der Waals surface area contributed by atoms with Crippen LogP contribution in [0.15, 0.2) is 18.2 Å². The summed E-state index contributed by atoms with van der Waals surface area (Å²) < 4.78 is 0. The Morgan fingerprint density at radius 1 is 1.50 bits per heavy atom. The number of nitrogens with two attached hydrogens (primary N) is 1. The Kier molecular flexibility index (Phi) is 1.51. The van der Waals surface area contributed by atoms with Crippen molar-refractivity contribution < 1.29 is 0 Å². The SMILES string of the molecule is CCC12CCC(C1)c1c(N)cccc12. The molecular formula is C13H17N. The lowest BCUT2D eigenvalue weighted by molar-refractivity contribution is 0.437. The topological polar surface area (TPSA) is 26.0 Å². The third kappa shape index (κ3) is 0.807. The van der Waals surface area contributed by atoms with Gasteiger partial charge in [0.1, 0.15) is 0 Å². The van der Waals surface area contributed by atoms with E-state index in [9.17, 15) is 0 Å². The van der Waals surface area contributed by atoms with Gasteiger partial charge in [0, 0.05) is 5.69 Å². The van der Waals surface area contributed by atoms with Gasteiger partial charge in [0.2, 0.25) is 0 Å². The molecule has 0 heterocycles. The number of hydrogen-bond acceptors (Lipinski definition) is 1. The summed E-state index contributed by atoms with van der Waals surface area (Å²) >= 11 is 0. The van der Waals surface area contributed by atoms with Crippen LogP contribution in [0.25, 0.3) is 0 Å². The maximum Gasteiger partial charge on any atom is 0.0352 e. The molecule has 1 fully saturated rings. The molecule has 1 aromatic rings. The van der Waals surface area contributed by atoms with E-state index in [1.54, 1.807) is 5.56 Å². The second-order valence-electron chi connectivity index (χ2n) is 4.88. The molecule has 0 aromatic heterocycles. The van der Waals surface area contributed by atoms with Crippen LogP contribution < -0.4 is 5.73 Å². The molecule has 0 amide bonds. The highest BCUT2D eigenvalue weighted by molar-refractivity contribution is 5.59. The van der Waals surface area contributed by atoms with Gasteiger partial charge in [-0.15, -0.1) is 0 Å². The van der Waals surface area contributed by atoms with Gasteiger partial charge in [0.05, 0.1) is 0 Å². The zero-order valence-corrected chi connectivity index (χ0v) is 8.72. The number of benzene rings is 1. The Morgan fingerprint density at radius 2 is 2.36 bits per heavy atom. The molecule has 1 heteroatoms. The minimum atomic E-state index is 0.495. The number of nitrogen functional groups attached to an aromatic ring is 1. The summed E-state index contributed by atoms with van der Waals surface area (Å²) in [5.74, 6) is 0.770. The molecule has 1 saturated carbocycles. The highest BCUT2D eigenvalue weighted by atomic mass is 14.6. The summed E-state index contributed by atoms with van der Waals surface area (Å²) in [5.41, 5.74) is 10.7. The Labute approximate surface area is 85.3 Å². The Bertz CT molecular complexity index is 383. The van der Waals surface area contributed by atoms with Crippen molar-refractivity contribution in [2.75, 3.05) is 5.73 Å². The van der Waals surface area contributed by atoms with Crippen molar-refractivity contribution in [2.45, 2.75) is 43.9 Å². The molecule has 0 saturated heterocycles. The molecule has 74 valence electrons. The van der Waals surface area contributed by atoms with E-state index >= 15 is 0 Å². The first-order valence-corrected chi connectivity index (χ1v) is 5.66. The van der Waals surface area contributed by atoms with E-state index in [0.29, 0.717) is 5.41 Å². The minimum absolute atomic E-state index is 0.495. The molecule has 2 aliphatic carbocycles. The van der Waals surface area contributed by atoms with Gasteiger partial charge < -0.3 is 5.73 Å². The van der Waals surface area contributed by atoms with E-state index in [1.807, 2.05) is 0 Å². The molecular weight excluding hydrogens is 170 g/mol. The molecule has 14 heavy (non-hydrogen) atoms. The molecule has 2 aliphatic rings. The second kappa shape index (κ2) is 2.53. The minimum Gasteiger partial charge on any atom is -0.398 e. The van der Waals surface area contributed by atoms with Gasteiger partial charge in [-0.05, 0) is 54.2 Å². The predicted octanol–water partition coefficient (Wildman–Crippen LogP) is 3.20. The molecule has 2 bridgehead atoms. The van der Waals surface area contributed by atoms with Crippen molar-refractivity contribution in [2.24, 2.45) is 0 Å². The fourth-order valence-electron chi connectivity index (χ4n) is 3.63. The molecule has 2 atom stereocenters. The number of hydrogen-bond donors (Lipinski definition) is 1. The van der Waals surface area contributed by atoms with Crippen molar-refractivity contribution in [3.05, 3.63) is 29.3 Å².